The summed E-state index contributed by atoms with van der Waals surface area (Å²) in [5.74, 6) is 0.272. The number of nitrogens with zero attached hydrogens (tertiary/aromatic N) is 1. The van der Waals surface area contributed by atoms with E-state index in [1.807, 2.05) is 55.1 Å². The van der Waals surface area contributed by atoms with E-state index in [0.29, 0.717) is 41.3 Å². The van der Waals surface area contributed by atoms with Crippen LogP contribution in [0.1, 0.15) is 82.8 Å². The van der Waals surface area contributed by atoms with Gasteiger partial charge in [-0.3, -0.25) is 14.4 Å². The number of carbonyl (C=O) groups is 2. The quantitative estimate of drug-likeness (QED) is 0.203. The first-order chi connectivity index (χ1) is 21.7. The highest BCUT2D eigenvalue weighted by molar-refractivity contribution is 6.30. The van der Waals surface area contributed by atoms with Crippen molar-refractivity contribution in [2.45, 2.75) is 77.3 Å². The molecule has 4 aromatic rings. The average Bonchev–Trinajstić information content (AvgIpc) is 3.43. The van der Waals surface area contributed by atoms with Crippen molar-refractivity contribution in [3.05, 3.63) is 127 Å². The first-order valence-electron chi connectivity index (χ1n) is 15.9. The SMILES string of the molecule is Cc1cc2oc(C(=O)N[C@H](C=C3CCC(c4ccccc4CN4CCCC4=O)CC3)Cc3ccc(Cl)cc3)cc(=O)c2cc1C. The maximum atomic E-state index is 13.5. The van der Waals surface area contributed by atoms with Gasteiger partial charge in [0.1, 0.15) is 5.58 Å². The van der Waals surface area contributed by atoms with Gasteiger partial charge in [-0.1, -0.05) is 59.6 Å². The second-order valence-corrected chi connectivity index (χ2v) is 13.0. The fourth-order valence-electron chi connectivity index (χ4n) is 6.69. The Bertz CT molecular complexity index is 1810. The molecule has 2 heterocycles. The van der Waals surface area contributed by atoms with Gasteiger partial charge in [-0.05, 0) is 110 Å². The molecule has 2 aliphatic rings. The molecule has 2 fully saturated rings. The van der Waals surface area contributed by atoms with Crippen molar-refractivity contribution < 1.29 is 14.0 Å². The second kappa shape index (κ2) is 13.5. The van der Waals surface area contributed by atoms with E-state index < -0.39 is 5.91 Å². The number of carbonyl (C=O) groups excluding carboxylic acids is 2. The Labute approximate surface area is 269 Å². The van der Waals surface area contributed by atoms with E-state index >= 15 is 0 Å². The number of rotatable bonds is 8. The van der Waals surface area contributed by atoms with Crippen LogP contribution in [0.2, 0.25) is 5.02 Å². The van der Waals surface area contributed by atoms with Gasteiger partial charge in [0.25, 0.3) is 5.91 Å². The number of allylic oxidation sites excluding steroid dienone is 1. The first-order valence-corrected chi connectivity index (χ1v) is 16.3. The van der Waals surface area contributed by atoms with Crippen molar-refractivity contribution in [2.24, 2.45) is 0 Å². The lowest BCUT2D eigenvalue weighted by molar-refractivity contribution is -0.128. The van der Waals surface area contributed by atoms with Gasteiger partial charge in [-0.15, -0.1) is 0 Å². The van der Waals surface area contributed by atoms with Crippen LogP contribution >= 0.6 is 11.6 Å². The van der Waals surface area contributed by atoms with Crippen LogP contribution in [0.15, 0.2) is 87.6 Å². The number of aryl methyl sites for hydroxylation is 2. The molecular formula is C38H39ClN2O4. The lowest BCUT2D eigenvalue weighted by Gasteiger charge is -2.28. The Hall–Kier alpha value is -4.16. The van der Waals surface area contributed by atoms with E-state index in [-0.39, 0.29) is 23.1 Å². The van der Waals surface area contributed by atoms with Gasteiger partial charge in [0.2, 0.25) is 5.91 Å². The molecule has 1 saturated carbocycles. The molecular weight excluding hydrogens is 584 g/mol. The summed E-state index contributed by atoms with van der Waals surface area (Å²) in [6, 6.07) is 20.8. The lowest BCUT2D eigenvalue weighted by atomic mass is 9.79. The van der Waals surface area contributed by atoms with E-state index in [2.05, 4.69) is 35.7 Å². The van der Waals surface area contributed by atoms with Crippen LogP contribution in [0, 0.1) is 13.8 Å². The molecule has 1 saturated heterocycles. The van der Waals surface area contributed by atoms with Gasteiger partial charge >= 0.3 is 0 Å². The predicted molar refractivity (Wildman–Crippen MR) is 179 cm³/mol. The summed E-state index contributed by atoms with van der Waals surface area (Å²) in [7, 11) is 0. The first kappa shape index (κ1) is 30.8. The van der Waals surface area contributed by atoms with Crippen LogP contribution in [-0.4, -0.2) is 29.3 Å². The summed E-state index contributed by atoms with van der Waals surface area (Å²) >= 11 is 6.14. The Morgan fingerprint density at radius 3 is 2.47 bits per heavy atom. The molecule has 6 rings (SSSR count). The van der Waals surface area contributed by atoms with Crippen LogP contribution in [-0.2, 0) is 17.8 Å². The number of fused-ring (bicyclic) bond motifs is 1. The van der Waals surface area contributed by atoms with Crippen molar-refractivity contribution >= 4 is 34.4 Å². The summed E-state index contributed by atoms with van der Waals surface area (Å²) in [6.45, 7) is 5.44. The third-order valence-corrected chi connectivity index (χ3v) is 9.60. The van der Waals surface area contributed by atoms with Crippen LogP contribution in [0.5, 0.6) is 0 Å². The largest absolute Gasteiger partial charge is 0.451 e. The minimum absolute atomic E-state index is 0.00654. The number of likely N-dealkylation sites (tertiary alicyclic amines) is 1. The number of halogens is 1. The molecule has 1 aliphatic carbocycles. The number of nitrogens with one attached hydrogen (secondary N) is 1. The highest BCUT2D eigenvalue weighted by Gasteiger charge is 2.25. The third-order valence-electron chi connectivity index (χ3n) is 9.34. The van der Waals surface area contributed by atoms with Crippen molar-refractivity contribution in [3.8, 4) is 0 Å². The topological polar surface area (TPSA) is 79.6 Å². The second-order valence-electron chi connectivity index (χ2n) is 12.5. The van der Waals surface area contributed by atoms with Crippen LogP contribution < -0.4 is 10.7 Å². The molecule has 1 aliphatic heterocycles. The van der Waals surface area contributed by atoms with Gasteiger partial charge in [-0.25, -0.2) is 0 Å². The van der Waals surface area contributed by atoms with Crippen molar-refractivity contribution in [1.82, 2.24) is 10.2 Å². The zero-order valence-corrected chi connectivity index (χ0v) is 26.7. The highest BCUT2D eigenvalue weighted by Crippen LogP contribution is 2.37. The van der Waals surface area contributed by atoms with E-state index in [1.165, 1.54) is 22.8 Å². The number of hydrogen-bond acceptors (Lipinski definition) is 4. The van der Waals surface area contributed by atoms with Gasteiger partial charge in [0.05, 0.1) is 11.4 Å². The van der Waals surface area contributed by atoms with Crippen molar-refractivity contribution in [3.63, 3.8) is 0 Å². The minimum Gasteiger partial charge on any atom is -0.451 e. The number of amides is 2. The molecule has 1 aromatic heterocycles. The fraction of sp³-hybridized carbons (Fsp3) is 0.342. The van der Waals surface area contributed by atoms with Gasteiger partial charge in [0.15, 0.2) is 11.2 Å². The molecule has 232 valence electrons. The molecule has 1 N–H and O–H groups in total. The number of hydrogen-bond donors (Lipinski definition) is 1. The van der Waals surface area contributed by atoms with Crippen LogP contribution in [0.4, 0.5) is 0 Å². The van der Waals surface area contributed by atoms with Crippen LogP contribution in [0.3, 0.4) is 0 Å². The molecule has 0 spiro atoms. The average molecular weight is 623 g/mol. The third kappa shape index (κ3) is 7.23. The minimum atomic E-state index is -0.415. The Balaban J connectivity index is 1.20. The van der Waals surface area contributed by atoms with E-state index in [1.54, 1.807) is 0 Å². The molecule has 0 bridgehead atoms. The van der Waals surface area contributed by atoms with Gasteiger partial charge < -0.3 is 14.6 Å². The molecule has 0 radical (unpaired) electrons. The smallest absolute Gasteiger partial charge is 0.287 e. The Morgan fingerprint density at radius 2 is 1.73 bits per heavy atom. The summed E-state index contributed by atoms with van der Waals surface area (Å²) in [4.78, 5) is 40.7. The van der Waals surface area contributed by atoms with Gasteiger partial charge in [0, 0.05) is 30.6 Å². The lowest BCUT2D eigenvalue weighted by Crippen LogP contribution is -2.36. The summed E-state index contributed by atoms with van der Waals surface area (Å²) in [6.07, 6.45) is 8.24. The molecule has 3 aromatic carbocycles. The standard InChI is InChI=1S/C38H39ClN2O4/c1-24-18-33-34(42)22-36(45-35(33)19-25(24)2)38(44)40-31(21-27-11-15-30(39)16-12-27)20-26-9-13-28(14-10-26)32-7-4-3-6-29(32)23-41-17-5-8-37(41)43/h3-4,6-7,11-12,15-16,18-20,22,28,31H,5,8-10,13-14,17,21,23H2,1-2H3,(H,40,44)/t28?,31-/m1/s1. The normalized spacial score (nSPS) is 17.5. The van der Waals surface area contributed by atoms with Crippen molar-refractivity contribution in [1.29, 1.82) is 0 Å². The molecule has 45 heavy (non-hydrogen) atoms. The maximum Gasteiger partial charge on any atom is 0.287 e. The van der Waals surface area contributed by atoms with E-state index in [0.717, 1.165) is 55.3 Å². The van der Waals surface area contributed by atoms with Crippen LogP contribution in [0.25, 0.3) is 11.0 Å². The molecule has 0 unspecified atom stereocenters. The molecule has 2 amide bonds. The molecule has 6 nitrogen and oxygen atoms in total. The van der Waals surface area contributed by atoms with E-state index in [9.17, 15) is 14.4 Å². The highest BCUT2D eigenvalue weighted by atomic mass is 35.5. The molecule has 7 heteroatoms. The van der Waals surface area contributed by atoms with Gasteiger partial charge in [-0.2, -0.15) is 0 Å². The fourth-order valence-corrected chi connectivity index (χ4v) is 6.82. The Kier molecular flexibility index (Phi) is 9.22. The zero-order valence-electron chi connectivity index (χ0n) is 25.9. The van der Waals surface area contributed by atoms with E-state index in [4.69, 9.17) is 16.0 Å². The summed E-state index contributed by atoms with van der Waals surface area (Å²) in [5, 5.41) is 4.27. The predicted octanol–water partition coefficient (Wildman–Crippen LogP) is 7.81. The monoisotopic (exact) mass is 622 g/mol. The maximum absolute atomic E-state index is 13.5. The zero-order chi connectivity index (χ0) is 31.5. The van der Waals surface area contributed by atoms with Crippen molar-refractivity contribution in [2.75, 3.05) is 6.54 Å². The summed E-state index contributed by atoms with van der Waals surface area (Å²) < 4.78 is 5.95. The molecule has 1 atom stereocenters. The number of benzene rings is 3. The summed E-state index contributed by atoms with van der Waals surface area (Å²) in [5.41, 5.74) is 7.13. The Morgan fingerprint density at radius 1 is 1.00 bits per heavy atom.